The molecule has 0 saturated heterocycles. The van der Waals surface area contributed by atoms with Gasteiger partial charge in [0.05, 0.1) is 12.7 Å². The Balaban J connectivity index is 2.46. The first-order valence-corrected chi connectivity index (χ1v) is 7.07. The second-order valence-corrected chi connectivity index (χ2v) is 5.72. The van der Waals surface area contributed by atoms with Crippen LogP contribution in [0.2, 0.25) is 0 Å². The number of hydrogen-bond donors (Lipinski definition) is 1. The van der Waals surface area contributed by atoms with Crippen molar-refractivity contribution in [2.24, 2.45) is 5.92 Å². The summed E-state index contributed by atoms with van der Waals surface area (Å²) < 4.78 is 91.3. The first-order valence-electron chi connectivity index (χ1n) is 7.07. The van der Waals surface area contributed by atoms with Crippen molar-refractivity contribution in [3.05, 3.63) is 0 Å². The molecule has 0 bridgehead atoms. The molecule has 0 amide bonds. The van der Waals surface area contributed by atoms with E-state index < -0.39 is 37.3 Å². The highest BCUT2D eigenvalue weighted by atomic mass is 19.4. The summed E-state index contributed by atoms with van der Waals surface area (Å²) in [5.41, 5.74) is 0. The van der Waals surface area contributed by atoms with E-state index in [9.17, 15) is 35.8 Å². The van der Waals surface area contributed by atoms with Gasteiger partial charge >= 0.3 is 18.2 Å². The number of aliphatic hydroxyl groups is 1. The van der Waals surface area contributed by atoms with Crippen molar-refractivity contribution < 1.29 is 40.6 Å². The third-order valence-corrected chi connectivity index (χ3v) is 3.64. The van der Waals surface area contributed by atoms with Crippen molar-refractivity contribution in [2.45, 2.75) is 69.3 Å². The summed E-state index contributed by atoms with van der Waals surface area (Å²) in [5.74, 6) is -5.29. The van der Waals surface area contributed by atoms with E-state index in [-0.39, 0.29) is 12.3 Å². The monoisotopic (exact) mass is 340 g/mol. The van der Waals surface area contributed by atoms with Crippen LogP contribution in [-0.4, -0.2) is 36.0 Å². The van der Waals surface area contributed by atoms with Gasteiger partial charge in [0.1, 0.15) is 6.42 Å². The van der Waals surface area contributed by atoms with Crippen LogP contribution in [0.4, 0.5) is 30.7 Å². The summed E-state index contributed by atoms with van der Waals surface area (Å²) in [7, 11) is 0. The molecule has 0 heterocycles. The van der Waals surface area contributed by atoms with Crippen LogP contribution in [0, 0.1) is 5.92 Å². The summed E-state index contributed by atoms with van der Waals surface area (Å²) in [6, 6.07) is 0. The smallest absolute Gasteiger partial charge is 0.391 e. The molecule has 0 spiro atoms. The third kappa shape index (κ3) is 6.28. The molecule has 9 heteroatoms. The van der Waals surface area contributed by atoms with Crippen LogP contribution < -0.4 is 0 Å². The van der Waals surface area contributed by atoms with Gasteiger partial charge in [0.15, 0.2) is 0 Å². The zero-order valence-corrected chi connectivity index (χ0v) is 11.8. The minimum atomic E-state index is -5.45. The highest BCUT2D eigenvalue weighted by Crippen LogP contribution is 2.43. The van der Waals surface area contributed by atoms with E-state index in [0.717, 1.165) is 32.1 Å². The average molecular weight is 340 g/mol. The van der Waals surface area contributed by atoms with Crippen molar-refractivity contribution in [3.63, 3.8) is 0 Å². The molecule has 1 N–H and O–H groups in total. The van der Waals surface area contributed by atoms with Gasteiger partial charge in [0.25, 0.3) is 0 Å². The maximum Gasteiger partial charge on any atom is 0.419 e. The van der Waals surface area contributed by atoms with Gasteiger partial charge in [-0.2, -0.15) is 30.7 Å². The summed E-state index contributed by atoms with van der Waals surface area (Å²) in [4.78, 5) is 0. The van der Waals surface area contributed by atoms with Gasteiger partial charge in [0.2, 0.25) is 0 Å². The number of rotatable bonds is 7. The van der Waals surface area contributed by atoms with Crippen molar-refractivity contribution in [2.75, 3.05) is 6.61 Å². The van der Waals surface area contributed by atoms with E-state index in [2.05, 4.69) is 4.74 Å². The zero-order chi connectivity index (χ0) is 17.0. The highest BCUT2D eigenvalue weighted by molar-refractivity contribution is 4.81. The van der Waals surface area contributed by atoms with Crippen LogP contribution in [0.25, 0.3) is 0 Å². The molecule has 0 aromatic rings. The second-order valence-electron chi connectivity index (χ2n) is 5.72. The maximum atomic E-state index is 13.1. The molecule has 0 aromatic carbocycles. The van der Waals surface area contributed by atoms with Gasteiger partial charge in [-0.25, -0.2) is 0 Å². The number of alkyl halides is 7. The summed E-state index contributed by atoms with van der Waals surface area (Å²) in [6.45, 7) is -1.13. The van der Waals surface area contributed by atoms with E-state index in [1.165, 1.54) is 0 Å². The third-order valence-electron chi connectivity index (χ3n) is 3.64. The van der Waals surface area contributed by atoms with Gasteiger partial charge in [0, 0.05) is 0 Å². The minimum absolute atomic E-state index is 0.0941. The van der Waals surface area contributed by atoms with Crippen LogP contribution in [0.15, 0.2) is 0 Å². The summed E-state index contributed by atoms with van der Waals surface area (Å²) in [6.07, 6.45) is -10.5. The first kappa shape index (κ1) is 19.5. The fourth-order valence-electron chi connectivity index (χ4n) is 2.54. The van der Waals surface area contributed by atoms with E-state index in [0.29, 0.717) is 0 Å². The lowest BCUT2D eigenvalue weighted by Gasteiger charge is -2.29. The predicted octanol–water partition coefficient (Wildman–Crippen LogP) is 4.51. The van der Waals surface area contributed by atoms with Crippen molar-refractivity contribution >= 4 is 0 Å². The topological polar surface area (TPSA) is 29.5 Å². The van der Waals surface area contributed by atoms with E-state index in [4.69, 9.17) is 0 Å². The van der Waals surface area contributed by atoms with Gasteiger partial charge in [-0.3, -0.25) is 0 Å². The summed E-state index contributed by atoms with van der Waals surface area (Å²) in [5, 5.41) is 9.54. The molecule has 0 radical (unpaired) electrons. The van der Waals surface area contributed by atoms with E-state index in [1.807, 2.05) is 0 Å². The van der Waals surface area contributed by atoms with Crippen LogP contribution >= 0.6 is 0 Å². The first-order chi connectivity index (χ1) is 9.93. The molecule has 1 rings (SSSR count). The Morgan fingerprint density at radius 3 is 2.00 bits per heavy atom. The van der Waals surface area contributed by atoms with Crippen LogP contribution in [-0.2, 0) is 4.74 Å². The fraction of sp³-hybridized carbons (Fsp3) is 1.00. The van der Waals surface area contributed by atoms with Crippen LogP contribution in [0.3, 0.4) is 0 Å². The Hall–Kier alpha value is -0.570. The molecule has 22 heavy (non-hydrogen) atoms. The average Bonchev–Trinajstić information content (AvgIpc) is 2.34. The van der Waals surface area contributed by atoms with Gasteiger partial charge in [-0.1, -0.05) is 32.1 Å². The van der Waals surface area contributed by atoms with E-state index >= 15 is 0 Å². The van der Waals surface area contributed by atoms with Crippen molar-refractivity contribution in [1.29, 1.82) is 0 Å². The van der Waals surface area contributed by atoms with Gasteiger partial charge in [-0.05, 0) is 12.3 Å². The molecule has 1 atom stereocenters. The number of halogens is 7. The molecule has 1 saturated carbocycles. The zero-order valence-electron chi connectivity index (χ0n) is 11.8. The number of hydrogen-bond acceptors (Lipinski definition) is 2. The molecule has 0 aromatic heterocycles. The molecule has 1 unspecified atom stereocenters. The minimum Gasteiger partial charge on any atom is -0.391 e. The molecular formula is C13H19F7O2. The normalized spacial score (nSPS) is 20.2. The molecule has 132 valence electrons. The number of aliphatic hydroxyl groups excluding tert-OH is 1. The fourth-order valence-corrected chi connectivity index (χ4v) is 2.54. The SMILES string of the molecule is OC(COC(F)(F)C(F)(F)CC(F)(F)F)CC1CCCCC1. The Kier molecular flexibility index (Phi) is 6.49. The van der Waals surface area contributed by atoms with Crippen molar-refractivity contribution in [1.82, 2.24) is 0 Å². The Morgan fingerprint density at radius 2 is 1.50 bits per heavy atom. The van der Waals surface area contributed by atoms with Crippen molar-refractivity contribution in [3.8, 4) is 0 Å². The molecule has 1 fully saturated rings. The molecular weight excluding hydrogens is 321 g/mol. The van der Waals surface area contributed by atoms with Gasteiger partial charge < -0.3 is 9.84 Å². The molecule has 2 nitrogen and oxygen atoms in total. The lowest BCUT2D eigenvalue weighted by Crippen LogP contribution is -2.47. The van der Waals surface area contributed by atoms with Crippen LogP contribution in [0.1, 0.15) is 44.9 Å². The summed E-state index contributed by atoms with van der Waals surface area (Å²) >= 11 is 0. The maximum absolute atomic E-state index is 13.1. The second kappa shape index (κ2) is 7.33. The molecule has 1 aliphatic carbocycles. The lowest BCUT2D eigenvalue weighted by atomic mass is 9.85. The Bertz CT molecular complexity index is 338. The van der Waals surface area contributed by atoms with E-state index in [1.54, 1.807) is 0 Å². The molecule has 0 aliphatic heterocycles. The standard InChI is InChI=1S/C13H19F7O2/c14-11(15,8-12(16,17)18)13(19,20)22-7-10(21)6-9-4-2-1-3-5-9/h9-10,21H,1-8H2. The quantitative estimate of drug-likeness (QED) is 0.691. The number of ether oxygens (including phenoxy) is 1. The predicted molar refractivity (Wildman–Crippen MR) is 63.7 cm³/mol. The lowest BCUT2D eigenvalue weighted by molar-refractivity contribution is -0.369. The Labute approximate surface area is 123 Å². The molecule has 1 aliphatic rings. The largest absolute Gasteiger partial charge is 0.419 e. The Morgan fingerprint density at radius 1 is 0.955 bits per heavy atom. The highest BCUT2D eigenvalue weighted by Gasteiger charge is 2.62. The van der Waals surface area contributed by atoms with Crippen LogP contribution in [0.5, 0.6) is 0 Å². The van der Waals surface area contributed by atoms with Gasteiger partial charge in [-0.15, -0.1) is 0 Å².